The average molecular weight is 498 g/mol. The van der Waals surface area contributed by atoms with Crippen molar-refractivity contribution in [3.63, 3.8) is 0 Å². The summed E-state index contributed by atoms with van der Waals surface area (Å²) in [6, 6.07) is 12.5. The van der Waals surface area contributed by atoms with Crippen LogP contribution in [0.15, 0.2) is 53.1 Å². The first kappa shape index (κ1) is 24.9. The zero-order valence-electron chi connectivity index (χ0n) is 20.0. The van der Waals surface area contributed by atoms with Crippen molar-refractivity contribution in [3.05, 3.63) is 59.3 Å². The van der Waals surface area contributed by atoms with Crippen LogP contribution in [0.4, 0.5) is 0 Å². The van der Waals surface area contributed by atoms with E-state index in [0.717, 1.165) is 28.9 Å². The van der Waals surface area contributed by atoms with Gasteiger partial charge in [0.15, 0.2) is 17.6 Å². The molecule has 2 aromatic carbocycles. The summed E-state index contributed by atoms with van der Waals surface area (Å²) in [6.07, 6.45) is 2.46. The predicted molar refractivity (Wildman–Crippen MR) is 135 cm³/mol. The lowest BCUT2D eigenvalue weighted by Crippen LogP contribution is -2.52. The summed E-state index contributed by atoms with van der Waals surface area (Å²) in [5.74, 6) is 0.477. The van der Waals surface area contributed by atoms with E-state index < -0.39 is 18.1 Å². The lowest BCUT2D eigenvalue weighted by Gasteiger charge is -2.30. The van der Waals surface area contributed by atoms with E-state index >= 15 is 0 Å². The number of nitrogens with one attached hydrogen (secondary N) is 2. The number of carbonyl (C=O) groups excluding carboxylic acids is 2. The standard InChI is InChI=1S/C26H31N3O5S/c1-3-4-10-27-26(32)24(30)19(13-17-8-6-5-7-9-17)28-25(31)20-14-18-15-21-22(34-12-11-33-21)16-23(18)35-29(20)2/h5-9,14-16,19,24,30H,3-4,10-13H2,1-2H3,(H,27,32)(H,28,31)/t19-,24+/m0/s1. The minimum Gasteiger partial charge on any atom is -0.486 e. The molecule has 2 aliphatic heterocycles. The molecule has 0 fully saturated rings. The number of rotatable bonds is 9. The van der Waals surface area contributed by atoms with E-state index in [-0.39, 0.29) is 5.91 Å². The van der Waals surface area contributed by atoms with Crippen LogP contribution in [0.5, 0.6) is 11.5 Å². The molecule has 0 bridgehead atoms. The van der Waals surface area contributed by atoms with Gasteiger partial charge < -0.3 is 29.5 Å². The number of nitrogens with zero attached hydrogens (tertiary/aromatic N) is 1. The second-order valence-corrected chi connectivity index (χ2v) is 9.68. The maximum Gasteiger partial charge on any atom is 0.268 e. The number of amides is 2. The first-order valence-corrected chi connectivity index (χ1v) is 12.6. The Morgan fingerprint density at radius 2 is 1.86 bits per heavy atom. The summed E-state index contributed by atoms with van der Waals surface area (Å²) in [4.78, 5) is 26.9. The minimum atomic E-state index is -1.39. The van der Waals surface area contributed by atoms with Crippen LogP contribution in [-0.2, 0) is 16.0 Å². The number of benzene rings is 2. The number of ether oxygens (including phenoxy) is 2. The van der Waals surface area contributed by atoms with Crippen LogP contribution in [0, 0.1) is 0 Å². The van der Waals surface area contributed by atoms with Gasteiger partial charge in [-0.05, 0) is 54.1 Å². The highest BCUT2D eigenvalue weighted by Crippen LogP contribution is 2.42. The van der Waals surface area contributed by atoms with Gasteiger partial charge in [0.25, 0.3) is 11.8 Å². The maximum absolute atomic E-state index is 13.4. The summed E-state index contributed by atoms with van der Waals surface area (Å²) in [6.45, 7) is 3.50. The number of unbranched alkanes of at least 4 members (excludes halogenated alkanes) is 1. The second-order valence-electron chi connectivity index (χ2n) is 8.51. The van der Waals surface area contributed by atoms with Crippen molar-refractivity contribution in [3.8, 4) is 11.5 Å². The van der Waals surface area contributed by atoms with E-state index in [1.807, 2.05) is 49.4 Å². The molecule has 0 aliphatic carbocycles. The van der Waals surface area contributed by atoms with Gasteiger partial charge in [-0.15, -0.1) is 0 Å². The third kappa shape index (κ3) is 6.10. The van der Waals surface area contributed by atoms with Crippen LogP contribution in [0.2, 0.25) is 0 Å². The highest BCUT2D eigenvalue weighted by atomic mass is 32.2. The highest BCUT2D eigenvalue weighted by molar-refractivity contribution is 7.97. The Kier molecular flexibility index (Phi) is 8.20. The number of aliphatic hydroxyl groups is 1. The van der Waals surface area contributed by atoms with Crippen molar-refractivity contribution >= 4 is 29.8 Å². The molecule has 2 heterocycles. The molecule has 2 amide bonds. The van der Waals surface area contributed by atoms with Crippen LogP contribution in [-0.4, -0.2) is 60.2 Å². The van der Waals surface area contributed by atoms with E-state index in [1.54, 1.807) is 17.4 Å². The topological polar surface area (TPSA) is 100 Å². The summed E-state index contributed by atoms with van der Waals surface area (Å²) in [5, 5.41) is 16.5. The molecule has 3 N–H and O–H groups in total. The molecule has 0 radical (unpaired) electrons. The van der Waals surface area contributed by atoms with Gasteiger partial charge in [0.1, 0.15) is 18.9 Å². The molecular weight excluding hydrogens is 466 g/mol. The van der Waals surface area contributed by atoms with E-state index in [2.05, 4.69) is 10.6 Å². The smallest absolute Gasteiger partial charge is 0.268 e. The lowest BCUT2D eigenvalue weighted by atomic mass is 10.00. The summed E-state index contributed by atoms with van der Waals surface area (Å²) >= 11 is 1.41. The van der Waals surface area contributed by atoms with Crippen LogP contribution in [0.3, 0.4) is 0 Å². The van der Waals surface area contributed by atoms with Crippen molar-refractivity contribution in [1.82, 2.24) is 14.9 Å². The average Bonchev–Trinajstić information content (AvgIpc) is 2.87. The zero-order valence-corrected chi connectivity index (χ0v) is 20.8. The highest BCUT2D eigenvalue weighted by Gasteiger charge is 2.31. The molecule has 35 heavy (non-hydrogen) atoms. The van der Waals surface area contributed by atoms with E-state index in [9.17, 15) is 14.7 Å². The Bertz CT molecular complexity index is 1090. The fourth-order valence-electron chi connectivity index (χ4n) is 3.95. The minimum absolute atomic E-state index is 0.314. The fraction of sp³-hybridized carbons (Fsp3) is 0.385. The number of hydrogen-bond donors (Lipinski definition) is 3. The predicted octanol–water partition coefficient (Wildman–Crippen LogP) is 2.76. The van der Waals surface area contributed by atoms with Crippen molar-refractivity contribution in [2.45, 2.75) is 43.2 Å². The molecule has 2 atom stereocenters. The van der Waals surface area contributed by atoms with Crippen LogP contribution in [0.25, 0.3) is 6.08 Å². The Balaban J connectivity index is 1.54. The first-order valence-electron chi connectivity index (χ1n) is 11.8. The van der Waals surface area contributed by atoms with Crippen LogP contribution in [0.1, 0.15) is 30.9 Å². The SMILES string of the molecule is CCCCNC(=O)[C@H](O)[C@H](Cc1ccccc1)NC(=O)C1=Cc2cc3c(cc2SN1C)OCCO3. The van der Waals surface area contributed by atoms with Gasteiger partial charge in [0.2, 0.25) is 0 Å². The van der Waals surface area contributed by atoms with Gasteiger partial charge in [-0.2, -0.15) is 0 Å². The molecule has 4 rings (SSSR count). The van der Waals surface area contributed by atoms with E-state index in [4.69, 9.17) is 9.47 Å². The summed E-state index contributed by atoms with van der Waals surface area (Å²) in [5.41, 5.74) is 2.17. The zero-order chi connectivity index (χ0) is 24.8. The number of aliphatic hydroxyl groups excluding tert-OH is 1. The summed E-state index contributed by atoms with van der Waals surface area (Å²) < 4.78 is 13.1. The van der Waals surface area contributed by atoms with E-state index in [1.165, 1.54) is 11.9 Å². The molecule has 0 unspecified atom stereocenters. The van der Waals surface area contributed by atoms with Gasteiger partial charge in [-0.3, -0.25) is 9.59 Å². The molecule has 2 aliphatic rings. The number of hydrogen-bond acceptors (Lipinski definition) is 7. The second kappa shape index (κ2) is 11.5. The maximum atomic E-state index is 13.4. The third-order valence-electron chi connectivity index (χ3n) is 5.87. The number of likely N-dealkylation sites (N-methyl/N-ethyl adjacent to an activating group) is 1. The fourth-order valence-corrected chi connectivity index (χ4v) is 4.86. The molecule has 186 valence electrons. The van der Waals surface area contributed by atoms with Crippen LogP contribution >= 0.6 is 11.9 Å². The molecule has 0 aromatic heterocycles. The molecule has 9 heteroatoms. The number of carbonyl (C=O) groups is 2. The van der Waals surface area contributed by atoms with E-state index in [0.29, 0.717) is 43.4 Å². The van der Waals surface area contributed by atoms with Crippen molar-refractivity contribution in [2.24, 2.45) is 0 Å². The van der Waals surface area contributed by atoms with Gasteiger partial charge in [0.05, 0.1) is 6.04 Å². The first-order chi connectivity index (χ1) is 17.0. The summed E-state index contributed by atoms with van der Waals surface area (Å²) in [7, 11) is 1.80. The van der Waals surface area contributed by atoms with Crippen molar-refractivity contribution in [2.75, 3.05) is 26.8 Å². The molecule has 0 saturated carbocycles. The Morgan fingerprint density at radius 1 is 1.14 bits per heavy atom. The monoisotopic (exact) mass is 497 g/mol. The Morgan fingerprint density at radius 3 is 2.57 bits per heavy atom. The number of fused-ring (bicyclic) bond motifs is 2. The van der Waals surface area contributed by atoms with Crippen molar-refractivity contribution in [1.29, 1.82) is 0 Å². The van der Waals surface area contributed by atoms with Gasteiger partial charge in [-0.25, -0.2) is 0 Å². The molecule has 0 spiro atoms. The van der Waals surface area contributed by atoms with Gasteiger partial charge >= 0.3 is 0 Å². The third-order valence-corrected chi connectivity index (χ3v) is 6.89. The van der Waals surface area contributed by atoms with Crippen LogP contribution < -0.4 is 20.1 Å². The Hall–Kier alpha value is -3.17. The normalized spacial score (nSPS) is 16.0. The lowest BCUT2D eigenvalue weighted by molar-refractivity contribution is -0.131. The van der Waals surface area contributed by atoms with Gasteiger partial charge in [0, 0.05) is 18.5 Å². The van der Waals surface area contributed by atoms with Crippen molar-refractivity contribution < 1.29 is 24.2 Å². The molecule has 0 saturated heterocycles. The quantitative estimate of drug-likeness (QED) is 0.362. The molecule has 8 nitrogen and oxygen atoms in total. The van der Waals surface area contributed by atoms with Gasteiger partial charge in [-0.1, -0.05) is 43.7 Å². The molecule has 2 aromatic rings. The largest absolute Gasteiger partial charge is 0.486 e. The Labute approximate surface area is 209 Å². The molecular formula is C26H31N3O5S.